The minimum Gasteiger partial charge on any atom is -0.504 e. The number of benzene rings is 1. The van der Waals surface area contributed by atoms with Crippen LogP contribution in [0.4, 0.5) is 0 Å². The first-order chi connectivity index (χ1) is 9.13. The molecular weight excluding hydrogens is 242 g/mol. The molecule has 1 aliphatic rings. The Labute approximate surface area is 113 Å². The summed E-state index contributed by atoms with van der Waals surface area (Å²) >= 11 is 0. The summed E-state index contributed by atoms with van der Waals surface area (Å²) in [4.78, 5) is 14.1. The second-order valence-electron chi connectivity index (χ2n) is 5.20. The number of carbonyl (C=O) groups is 1. The maximum absolute atomic E-state index is 12.3. The van der Waals surface area contributed by atoms with Gasteiger partial charge in [0, 0.05) is 13.1 Å². The average Bonchev–Trinajstić information content (AvgIpc) is 2.42. The van der Waals surface area contributed by atoms with Crippen LogP contribution in [0.25, 0.3) is 0 Å². The average molecular weight is 263 g/mol. The van der Waals surface area contributed by atoms with E-state index in [0.29, 0.717) is 5.92 Å². The number of phenols is 2. The molecule has 1 amide bonds. The summed E-state index contributed by atoms with van der Waals surface area (Å²) in [5.74, 6) is -0.0370. The number of para-hydroxylation sites is 1. The lowest BCUT2D eigenvalue weighted by Crippen LogP contribution is -2.38. The molecule has 2 N–H and O–H groups in total. The molecule has 1 aliphatic heterocycles. The van der Waals surface area contributed by atoms with Crippen molar-refractivity contribution in [3.63, 3.8) is 0 Å². The highest BCUT2D eigenvalue weighted by atomic mass is 16.3. The quantitative estimate of drug-likeness (QED) is 0.824. The van der Waals surface area contributed by atoms with Gasteiger partial charge in [0.1, 0.15) is 0 Å². The van der Waals surface area contributed by atoms with E-state index in [2.05, 4.69) is 6.92 Å². The SMILES string of the molecule is CCCC1CCN(C(=O)c2cccc(O)c2O)CC1. The van der Waals surface area contributed by atoms with Gasteiger partial charge in [-0.2, -0.15) is 0 Å². The highest BCUT2D eigenvalue weighted by molar-refractivity contribution is 5.97. The Bertz CT molecular complexity index is 451. The first kappa shape index (κ1) is 13.7. The standard InChI is InChI=1S/C15H21NO3/c1-2-4-11-7-9-16(10-8-11)15(19)12-5-3-6-13(17)14(12)18/h3,5-6,11,17-18H,2,4,7-10H2,1H3. The lowest BCUT2D eigenvalue weighted by Gasteiger charge is -2.32. The van der Waals surface area contributed by atoms with Crippen molar-refractivity contribution in [2.24, 2.45) is 5.92 Å². The van der Waals surface area contributed by atoms with Crippen molar-refractivity contribution in [1.82, 2.24) is 4.90 Å². The number of hydrogen-bond acceptors (Lipinski definition) is 3. The number of hydrogen-bond donors (Lipinski definition) is 2. The Morgan fingerprint density at radius 2 is 2.00 bits per heavy atom. The first-order valence-electron chi connectivity index (χ1n) is 6.93. The second-order valence-corrected chi connectivity index (χ2v) is 5.20. The molecule has 1 fully saturated rings. The minimum absolute atomic E-state index is 0.189. The van der Waals surface area contributed by atoms with Gasteiger partial charge in [-0.05, 0) is 30.9 Å². The van der Waals surface area contributed by atoms with Crippen LogP contribution >= 0.6 is 0 Å². The number of piperidine rings is 1. The van der Waals surface area contributed by atoms with Crippen LogP contribution in [0.2, 0.25) is 0 Å². The first-order valence-corrected chi connectivity index (χ1v) is 6.93. The van der Waals surface area contributed by atoms with Crippen LogP contribution in [-0.4, -0.2) is 34.1 Å². The van der Waals surface area contributed by atoms with Crippen molar-refractivity contribution < 1.29 is 15.0 Å². The van der Waals surface area contributed by atoms with Crippen LogP contribution in [0, 0.1) is 5.92 Å². The molecular formula is C15H21NO3. The molecule has 1 aromatic rings. The molecule has 0 aromatic heterocycles. The molecule has 19 heavy (non-hydrogen) atoms. The monoisotopic (exact) mass is 263 g/mol. The van der Waals surface area contributed by atoms with Gasteiger partial charge in [0.05, 0.1) is 5.56 Å². The van der Waals surface area contributed by atoms with Gasteiger partial charge in [-0.3, -0.25) is 4.79 Å². The lowest BCUT2D eigenvalue weighted by molar-refractivity contribution is 0.0683. The molecule has 1 saturated heterocycles. The van der Waals surface area contributed by atoms with Crippen LogP contribution in [-0.2, 0) is 0 Å². The summed E-state index contributed by atoms with van der Waals surface area (Å²) in [5, 5.41) is 19.2. The van der Waals surface area contributed by atoms with E-state index in [1.165, 1.54) is 18.9 Å². The molecule has 0 unspecified atom stereocenters. The summed E-state index contributed by atoms with van der Waals surface area (Å²) in [7, 11) is 0. The van der Waals surface area contributed by atoms with Gasteiger partial charge in [-0.25, -0.2) is 0 Å². The fourth-order valence-corrected chi connectivity index (χ4v) is 2.71. The third-order valence-electron chi connectivity index (χ3n) is 3.84. The molecule has 0 bridgehead atoms. The van der Waals surface area contributed by atoms with Gasteiger partial charge < -0.3 is 15.1 Å². The van der Waals surface area contributed by atoms with E-state index >= 15 is 0 Å². The third kappa shape index (κ3) is 3.00. The lowest BCUT2D eigenvalue weighted by atomic mass is 9.92. The van der Waals surface area contributed by atoms with E-state index in [0.717, 1.165) is 25.9 Å². The van der Waals surface area contributed by atoms with Crippen LogP contribution < -0.4 is 0 Å². The maximum atomic E-state index is 12.3. The normalized spacial score (nSPS) is 16.6. The number of phenolic OH excluding ortho intramolecular Hbond substituents is 2. The van der Waals surface area contributed by atoms with Gasteiger partial charge in [0.15, 0.2) is 11.5 Å². The van der Waals surface area contributed by atoms with Crippen molar-refractivity contribution in [3.05, 3.63) is 23.8 Å². The fraction of sp³-hybridized carbons (Fsp3) is 0.533. The summed E-state index contributed by atoms with van der Waals surface area (Å²) in [6, 6.07) is 4.50. The molecule has 0 saturated carbocycles. The van der Waals surface area contributed by atoms with Crippen molar-refractivity contribution in [2.45, 2.75) is 32.6 Å². The molecule has 104 valence electrons. The van der Waals surface area contributed by atoms with Gasteiger partial charge in [0.2, 0.25) is 0 Å². The Morgan fingerprint density at radius 3 is 2.63 bits per heavy atom. The number of carbonyl (C=O) groups excluding carboxylic acids is 1. The zero-order valence-corrected chi connectivity index (χ0v) is 11.3. The van der Waals surface area contributed by atoms with E-state index in [1.54, 1.807) is 17.0 Å². The van der Waals surface area contributed by atoms with Gasteiger partial charge in [-0.15, -0.1) is 0 Å². The molecule has 0 atom stereocenters. The van der Waals surface area contributed by atoms with E-state index in [9.17, 15) is 15.0 Å². The Kier molecular flexibility index (Phi) is 4.30. The topological polar surface area (TPSA) is 60.8 Å². The van der Waals surface area contributed by atoms with Crippen molar-refractivity contribution >= 4 is 5.91 Å². The maximum Gasteiger partial charge on any atom is 0.257 e. The predicted octanol–water partition coefficient (Wildman–Crippen LogP) is 2.75. The molecule has 0 radical (unpaired) electrons. The molecule has 1 aromatic carbocycles. The summed E-state index contributed by atoms with van der Waals surface area (Å²) in [5.41, 5.74) is 0.189. The number of aromatic hydroxyl groups is 2. The molecule has 1 heterocycles. The molecule has 0 aliphatic carbocycles. The summed E-state index contributed by atoms with van der Waals surface area (Å²) in [6.07, 6.45) is 4.46. The number of likely N-dealkylation sites (tertiary alicyclic amines) is 1. The van der Waals surface area contributed by atoms with Crippen molar-refractivity contribution in [3.8, 4) is 11.5 Å². The Balaban J connectivity index is 2.03. The Morgan fingerprint density at radius 1 is 1.32 bits per heavy atom. The van der Waals surface area contributed by atoms with Crippen LogP contribution in [0.5, 0.6) is 11.5 Å². The van der Waals surface area contributed by atoms with Gasteiger partial charge in [0.25, 0.3) is 5.91 Å². The van der Waals surface area contributed by atoms with Crippen LogP contribution in [0.3, 0.4) is 0 Å². The van der Waals surface area contributed by atoms with Crippen LogP contribution in [0.15, 0.2) is 18.2 Å². The van der Waals surface area contributed by atoms with E-state index in [4.69, 9.17) is 0 Å². The molecule has 4 heteroatoms. The summed E-state index contributed by atoms with van der Waals surface area (Å²) in [6.45, 7) is 3.65. The molecule has 2 rings (SSSR count). The second kappa shape index (κ2) is 5.95. The van der Waals surface area contributed by atoms with Crippen molar-refractivity contribution in [2.75, 3.05) is 13.1 Å². The van der Waals surface area contributed by atoms with Crippen molar-refractivity contribution in [1.29, 1.82) is 0 Å². The van der Waals surface area contributed by atoms with E-state index < -0.39 is 0 Å². The molecule has 4 nitrogen and oxygen atoms in total. The zero-order chi connectivity index (χ0) is 13.8. The number of rotatable bonds is 3. The predicted molar refractivity (Wildman–Crippen MR) is 73.3 cm³/mol. The van der Waals surface area contributed by atoms with Crippen LogP contribution in [0.1, 0.15) is 43.0 Å². The minimum atomic E-state index is -0.316. The highest BCUT2D eigenvalue weighted by Crippen LogP contribution is 2.30. The third-order valence-corrected chi connectivity index (χ3v) is 3.84. The fourth-order valence-electron chi connectivity index (χ4n) is 2.71. The Hall–Kier alpha value is -1.71. The zero-order valence-electron chi connectivity index (χ0n) is 11.3. The van der Waals surface area contributed by atoms with Gasteiger partial charge in [-0.1, -0.05) is 25.8 Å². The largest absolute Gasteiger partial charge is 0.504 e. The van der Waals surface area contributed by atoms with Gasteiger partial charge >= 0.3 is 0 Å². The van der Waals surface area contributed by atoms with E-state index in [1.807, 2.05) is 0 Å². The molecule has 0 spiro atoms. The summed E-state index contributed by atoms with van der Waals surface area (Å²) < 4.78 is 0. The number of amides is 1. The number of nitrogens with zero attached hydrogens (tertiary/aromatic N) is 1. The highest BCUT2D eigenvalue weighted by Gasteiger charge is 2.25. The smallest absolute Gasteiger partial charge is 0.257 e. The van der Waals surface area contributed by atoms with E-state index in [-0.39, 0.29) is 23.0 Å².